The lowest BCUT2D eigenvalue weighted by molar-refractivity contribution is -0.123. The molecular weight excluding hydrogens is 298 g/mol. The quantitative estimate of drug-likeness (QED) is 0.603. The summed E-state index contributed by atoms with van der Waals surface area (Å²) in [5.74, 6) is 1.90. The molecular formula is C17H19NO5. The van der Waals surface area contributed by atoms with Crippen molar-refractivity contribution in [2.75, 3.05) is 26.4 Å². The molecule has 122 valence electrons. The van der Waals surface area contributed by atoms with Crippen molar-refractivity contribution < 1.29 is 23.8 Å². The summed E-state index contributed by atoms with van der Waals surface area (Å²) in [4.78, 5) is 23.1. The minimum Gasteiger partial charge on any atom is -0.491 e. The molecule has 1 saturated heterocycles. The lowest BCUT2D eigenvalue weighted by Crippen LogP contribution is -2.28. The summed E-state index contributed by atoms with van der Waals surface area (Å²) in [6, 6.07) is 6.55. The van der Waals surface area contributed by atoms with E-state index in [0.717, 1.165) is 19.4 Å². The molecule has 0 bridgehead atoms. The molecule has 1 aliphatic heterocycles. The number of carbonyl (C=O) groups excluding carboxylic acids is 2. The summed E-state index contributed by atoms with van der Waals surface area (Å²) in [6.45, 7) is 1.03. The van der Waals surface area contributed by atoms with E-state index in [9.17, 15) is 9.59 Å². The molecule has 0 saturated carbocycles. The lowest BCUT2D eigenvalue weighted by Gasteiger charge is -2.11. The molecule has 0 unspecified atom stereocenters. The third kappa shape index (κ3) is 5.64. The van der Waals surface area contributed by atoms with Crippen molar-refractivity contribution in [3.63, 3.8) is 0 Å². The normalized spacial score (nSPS) is 16.4. The van der Waals surface area contributed by atoms with Crippen LogP contribution in [-0.4, -0.2) is 44.3 Å². The molecule has 1 N–H and O–H groups in total. The molecule has 1 atom stereocenters. The second-order valence-corrected chi connectivity index (χ2v) is 5.03. The van der Waals surface area contributed by atoms with Gasteiger partial charge in [-0.3, -0.25) is 4.79 Å². The van der Waals surface area contributed by atoms with Crippen LogP contribution in [0.5, 0.6) is 5.75 Å². The maximum absolute atomic E-state index is 11.8. The first-order chi connectivity index (χ1) is 11.2. The highest BCUT2D eigenvalue weighted by Crippen LogP contribution is 2.16. The maximum atomic E-state index is 11.8. The van der Waals surface area contributed by atoms with Gasteiger partial charge in [-0.2, -0.15) is 0 Å². The zero-order valence-corrected chi connectivity index (χ0v) is 12.7. The Hall–Kier alpha value is -2.52. The van der Waals surface area contributed by atoms with Crippen LogP contribution in [-0.2, 0) is 14.3 Å². The summed E-state index contributed by atoms with van der Waals surface area (Å²) in [5.41, 5.74) is 0.346. The van der Waals surface area contributed by atoms with Crippen molar-refractivity contribution >= 4 is 11.9 Å². The molecule has 0 spiro atoms. The molecule has 6 nitrogen and oxygen atoms in total. The molecule has 1 fully saturated rings. The van der Waals surface area contributed by atoms with Crippen LogP contribution >= 0.6 is 0 Å². The molecule has 2 rings (SSSR count). The van der Waals surface area contributed by atoms with Gasteiger partial charge in [0, 0.05) is 6.61 Å². The number of terminal acetylenes is 1. The standard InChI is InChI=1S/C17H19NO5/c1-2-9-18-16(19)12-23-17(20)13-5-7-14(8-6-13)22-11-15-4-3-10-21-15/h1,5-8,15H,3-4,9-12H2,(H,18,19)/t15-/m1/s1. The zero-order valence-electron chi connectivity index (χ0n) is 12.7. The fourth-order valence-electron chi connectivity index (χ4n) is 2.07. The fourth-order valence-corrected chi connectivity index (χ4v) is 2.07. The zero-order chi connectivity index (χ0) is 16.5. The third-order valence-electron chi connectivity index (χ3n) is 3.27. The van der Waals surface area contributed by atoms with Crippen LogP contribution in [0.1, 0.15) is 23.2 Å². The smallest absolute Gasteiger partial charge is 0.338 e. The summed E-state index contributed by atoms with van der Waals surface area (Å²) in [6.07, 6.45) is 7.22. The number of carbonyl (C=O) groups is 2. The van der Waals surface area contributed by atoms with Gasteiger partial charge in [0.15, 0.2) is 6.61 Å². The first kappa shape index (κ1) is 16.8. The van der Waals surface area contributed by atoms with Gasteiger partial charge in [0.2, 0.25) is 0 Å². The van der Waals surface area contributed by atoms with Crippen molar-refractivity contribution in [1.82, 2.24) is 5.32 Å². The van der Waals surface area contributed by atoms with Crippen LogP contribution < -0.4 is 10.1 Å². The largest absolute Gasteiger partial charge is 0.491 e. The van der Waals surface area contributed by atoms with Crippen molar-refractivity contribution in [2.24, 2.45) is 0 Å². The predicted molar refractivity (Wildman–Crippen MR) is 83.0 cm³/mol. The van der Waals surface area contributed by atoms with Gasteiger partial charge in [-0.05, 0) is 37.1 Å². The number of esters is 1. The number of nitrogens with one attached hydrogen (secondary N) is 1. The summed E-state index contributed by atoms with van der Waals surface area (Å²) < 4.78 is 16.0. The van der Waals surface area contributed by atoms with Crippen LogP contribution in [0.15, 0.2) is 24.3 Å². The minimum atomic E-state index is -0.577. The summed E-state index contributed by atoms with van der Waals surface area (Å²) in [7, 11) is 0. The molecule has 0 radical (unpaired) electrons. The second kappa shape index (κ2) is 8.81. The van der Waals surface area contributed by atoms with Crippen molar-refractivity contribution in [1.29, 1.82) is 0 Å². The van der Waals surface area contributed by atoms with E-state index in [2.05, 4.69) is 11.2 Å². The first-order valence-corrected chi connectivity index (χ1v) is 7.41. The highest BCUT2D eigenvalue weighted by Gasteiger charge is 2.16. The van der Waals surface area contributed by atoms with Gasteiger partial charge in [0.1, 0.15) is 12.4 Å². The number of hydrogen-bond acceptors (Lipinski definition) is 5. The number of rotatable bonds is 7. The molecule has 6 heteroatoms. The molecule has 1 aliphatic rings. The molecule has 23 heavy (non-hydrogen) atoms. The Labute approximate surface area is 135 Å². The van der Waals surface area contributed by atoms with Crippen LogP contribution in [0, 0.1) is 12.3 Å². The van der Waals surface area contributed by atoms with Gasteiger partial charge in [-0.25, -0.2) is 4.79 Å². The molecule has 0 aliphatic carbocycles. The van der Waals surface area contributed by atoms with E-state index >= 15 is 0 Å². The van der Waals surface area contributed by atoms with E-state index in [0.29, 0.717) is 17.9 Å². The summed E-state index contributed by atoms with van der Waals surface area (Å²) >= 11 is 0. The van der Waals surface area contributed by atoms with E-state index in [1.807, 2.05) is 0 Å². The molecule has 1 aromatic rings. The minimum absolute atomic E-state index is 0.104. The Morgan fingerprint density at radius 2 is 2.13 bits per heavy atom. The number of hydrogen-bond donors (Lipinski definition) is 1. The van der Waals surface area contributed by atoms with Gasteiger partial charge in [0.05, 0.1) is 18.2 Å². The Morgan fingerprint density at radius 3 is 2.78 bits per heavy atom. The van der Waals surface area contributed by atoms with Gasteiger partial charge in [-0.15, -0.1) is 6.42 Å². The van der Waals surface area contributed by atoms with Gasteiger partial charge in [-0.1, -0.05) is 5.92 Å². The molecule has 1 heterocycles. The Kier molecular flexibility index (Phi) is 6.45. The summed E-state index contributed by atoms with van der Waals surface area (Å²) in [5, 5.41) is 2.41. The van der Waals surface area contributed by atoms with Gasteiger partial charge < -0.3 is 19.5 Å². The van der Waals surface area contributed by atoms with E-state index in [1.54, 1.807) is 24.3 Å². The van der Waals surface area contributed by atoms with Crippen LogP contribution in [0.4, 0.5) is 0 Å². The van der Waals surface area contributed by atoms with Crippen LogP contribution in [0.2, 0.25) is 0 Å². The third-order valence-corrected chi connectivity index (χ3v) is 3.27. The maximum Gasteiger partial charge on any atom is 0.338 e. The van der Waals surface area contributed by atoms with Crippen LogP contribution in [0.25, 0.3) is 0 Å². The van der Waals surface area contributed by atoms with E-state index in [-0.39, 0.29) is 19.3 Å². The first-order valence-electron chi connectivity index (χ1n) is 7.41. The number of amides is 1. The van der Waals surface area contributed by atoms with E-state index in [1.165, 1.54) is 0 Å². The topological polar surface area (TPSA) is 73.9 Å². The Morgan fingerprint density at radius 1 is 1.35 bits per heavy atom. The molecule has 1 aromatic carbocycles. The second-order valence-electron chi connectivity index (χ2n) is 5.03. The van der Waals surface area contributed by atoms with Crippen molar-refractivity contribution in [3.8, 4) is 18.1 Å². The molecule has 1 amide bonds. The average molecular weight is 317 g/mol. The highest BCUT2D eigenvalue weighted by molar-refractivity contribution is 5.91. The average Bonchev–Trinajstić information content (AvgIpc) is 3.10. The predicted octanol–water partition coefficient (Wildman–Crippen LogP) is 1.15. The monoisotopic (exact) mass is 317 g/mol. The Balaban J connectivity index is 1.75. The van der Waals surface area contributed by atoms with Crippen molar-refractivity contribution in [2.45, 2.75) is 18.9 Å². The van der Waals surface area contributed by atoms with Crippen molar-refractivity contribution in [3.05, 3.63) is 29.8 Å². The highest BCUT2D eigenvalue weighted by atomic mass is 16.5. The molecule has 0 aromatic heterocycles. The Bertz CT molecular complexity index is 570. The van der Waals surface area contributed by atoms with Crippen LogP contribution in [0.3, 0.4) is 0 Å². The van der Waals surface area contributed by atoms with Gasteiger partial charge >= 0.3 is 5.97 Å². The van der Waals surface area contributed by atoms with E-state index in [4.69, 9.17) is 20.6 Å². The number of ether oxygens (including phenoxy) is 3. The van der Waals surface area contributed by atoms with Gasteiger partial charge in [0.25, 0.3) is 5.91 Å². The fraction of sp³-hybridized carbons (Fsp3) is 0.412. The SMILES string of the molecule is C#CCNC(=O)COC(=O)c1ccc(OC[C@H]2CCCO2)cc1. The van der Waals surface area contributed by atoms with E-state index < -0.39 is 11.9 Å². The lowest BCUT2D eigenvalue weighted by atomic mass is 10.2. The number of benzene rings is 1.